The molecule has 2 rings (SSSR count). The average Bonchev–Trinajstić information content (AvgIpc) is 3.24. The van der Waals surface area contributed by atoms with Gasteiger partial charge >= 0.3 is 5.97 Å². The summed E-state index contributed by atoms with van der Waals surface area (Å²) in [6.45, 7) is 4.09. The molecule has 0 saturated heterocycles. The zero-order chi connectivity index (χ0) is 13.8. The summed E-state index contributed by atoms with van der Waals surface area (Å²) in [5.41, 5.74) is 1.26. The van der Waals surface area contributed by atoms with Crippen molar-refractivity contribution in [3.63, 3.8) is 0 Å². The number of ether oxygens (including phenoxy) is 1. The maximum Gasteiger partial charge on any atom is 0.323 e. The van der Waals surface area contributed by atoms with Gasteiger partial charge in [0.25, 0.3) is 0 Å². The van der Waals surface area contributed by atoms with E-state index in [0.29, 0.717) is 5.92 Å². The van der Waals surface area contributed by atoms with Crippen LogP contribution in [0.2, 0.25) is 0 Å². The van der Waals surface area contributed by atoms with Crippen LogP contribution in [0.4, 0.5) is 0 Å². The summed E-state index contributed by atoms with van der Waals surface area (Å²) < 4.78 is 4.91. The Morgan fingerprint density at radius 2 is 1.89 bits per heavy atom. The average molecular weight is 261 g/mol. The Kier molecular flexibility index (Phi) is 4.59. The van der Waals surface area contributed by atoms with E-state index in [4.69, 9.17) is 4.74 Å². The molecule has 2 atom stereocenters. The number of carbonyl (C=O) groups excluding carboxylic acids is 1. The Bertz CT molecular complexity index is 412. The Morgan fingerprint density at radius 3 is 2.37 bits per heavy atom. The van der Waals surface area contributed by atoms with E-state index in [1.807, 2.05) is 19.9 Å². The van der Waals surface area contributed by atoms with Crippen LogP contribution in [0, 0.1) is 11.8 Å². The van der Waals surface area contributed by atoms with Crippen molar-refractivity contribution in [1.82, 2.24) is 5.32 Å². The molecule has 0 amide bonds. The fourth-order valence-electron chi connectivity index (χ4n) is 2.45. The molecule has 1 aromatic carbocycles. The van der Waals surface area contributed by atoms with Crippen LogP contribution in [0.15, 0.2) is 30.3 Å². The summed E-state index contributed by atoms with van der Waals surface area (Å²) in [6.07, 6.45) is 2.47. The predicted octanol–water partition coefficient (Wildman–Crippen LogP) is 2.92. The van der Waals surface area contributed by atoms with Crippen LogP contribution in [-0.2, 0) is 9.53 Å². The molecule has 1 aromatic rings. The van der Waals surface area contributed by atoms with Gasteiger partial charge in [0, 0.05) is 6.04 Å². The number of benzene rings is 1. The Balaban J connectivity index is 2.14. The monoisotopic (exact) mass is 261 g/mol. The summed E-state index contributed by atoms with van der Waals surface area (Å²) in [5, 5.41) is 3.51. The zero-order valence-electron chi connectivity index (χ0n) is 11.9. The number of methoxy groups -OCH3 is 1. The van der Waals surface area contributed by atoms with Crippen LogP contribution < -0.4 is 5.32 Å². The van der Waals surface area contributed by atoms with E-state index in [2.05, 4.69) is 29.6 Å². The van der Waals surface area contributed by atoms with Crippen molar-refractivity contribution in [3.8, 4) is 0 Å². The molecule has 104 valence electrons. The highest BCUT2D eigenvalue weighted by atomic mass is 16.5. The first kappa shape index (κ1) is 14.1. The summed E-state index contributed by atoms with van der Waals surface area (Å²) in [7, 11) is 1.45. The zero-order valence-corrected chi connectivity index (χ0v) is 11.9. The second-order valence-electron chi connectivity index (χ2n) is 5.64. The summed E-state index contributed by atoms with van der Waals surface area (Å²) >= 11 is 0. The lowest BCUT2D eigenvalue weighted by molar-refractivity contribution is -0.144. The Morgan fingerprint density at radius 1 is 1.26 bits per heavy atom. The molecule has 0 spiro atoms. The lowest BCUT2D eigenvalue weighted by Crippen LogP contribution is -2.44. The van der Waals surface area contributed by atoms with Crippen LogP contribution in [0.1, 0.15) is 38.3 Å². The maximum atomic E-state index is 11.9. The van der Waals surface area contributed by atoms with Crippen LogP contribution in [0.5, 0.6) is 0 Å². The molecule has 1 aliphatic rings. The topological polar surface area (TPSA) is 38.3 Å². The van der Waals surface area contributed by atoms with Gasteiger partial charge in [-0.3, -0.25) is 10.1 Å². The molecule has 1 aliphatic carbocycles. The molecule has 1 N–H and O–H groups in total. The first-order chi connectivity index (χ1) is 9.13. The van der Waals surface area contributed by atoms with Crippen molar-refractivity contribution in [2.75, 3.05) is 7.11 Å². The van der Waals surface area contributed by atoms with Gasteiger partial charge in [0.1, 0.15) is 6.04 Å². The SMILES string of the molecule is COC(=O)[C@@H](NC(c1ccccc1)C1CC1)C(C)C. The third-order valence-corrected chi connectivity index (χ3v) is 3.73. The molecule has 0 aromatic heterocycles. The first-order valence-corrected chi connectivity index (χ1v) is 7.02. The van der Waals surface area contributed by atoms with E-state index in [1.165, 1.54) is 25.5 Å². The molecule has 3 nitrogen and oxygen atoms in total. The second-order valence-corrected chi connectivity index (χ2v) is 5.64. The molecule has 0 radical (unpaired) electrons. The molecule has 1 unspecified atom stereocenters. The van der Waals surface area contributed by atoms with E-state index >= 15 is 0 Å². The van der Waals surface area contributed by atoms with Gasteiger partial charge in [-0.15, -0.1) is 0 Å². The van der Waals surface area contributed by atoms with Crippen molar-refractivity contribution in [2.24, 2.45) is 11.8 Å². The van der Waals surface area contributed by atoms with Gasteiger partial charge in [-0.1, -0.05) is 44.2 Å². The molecule has 1 fully saturated rings. The lowest BCUT2D eigenvalue weighted by Gasteiger charge is -2.27. The number of hydrogen-bond acceptors (Lipinski definition) is 3. The minimum atomic E-state index is -0.240. The van der Waals surface area contributed by atoms with E-state index in [-0.39, 0.29) is 24.0 Å². The fourth-order valence-corrected chi connectivity index (χ4v) is 2.45. The third-order valence-electron chi connectivity index (χ3n) is 3.73. The van der Waals surface area contributed by atoms with Gasteiger partial charge in [0.15, 0.2) is 0 Å². The standard InChI is InChI=1S/C16H23NO2/c1-11(2)14(16(18)19-3)17-15(13-9-10-13)12-7-5-4-6-8-12/h4-8,11,13-15,17H,9-10H2,1-3H3/t14-,15?/m0/s1. The molecule has 19 heavy (non-hydrogen) atoms. The maximum absolute atomic E-state index is 11.9. The summed E-state index contributed by atoms with van der Waals surface area (Å²) in [6, 6.07) is 10.4. The van der Waals surface area contributed by atoms with Gasteiger partial charge in [0.2, 0.25) is 0 Å². The first-order valence-electron chi connectivity index (χ1n) is 7.02. The minimum absolute atomic E-state index is 0.170. The van der Waals surface area contributed by atoms with Crippen molar-refractivity contribution in [3.05, 3.63) is 35.9 Å². The van der Waals surface area contributed by atoms with Crippen molar-refractivity contribution in [1.29, 1.82) is 0 Å². The number of carbonyl (C=O) groups is 1. The quantitative estimate of drug-likeness (QED) is 0.800. The number of nitrogens with one attached hydrogen (secondary N) is 1. The van der Waals surface area contributed by atoms with Gasteiger partial charge in [-0.05, 0) is 30.2 Å². The van der Waals surface area contributed by atoms with Crippen molar-refractivity contribution in [2.45, 2.75) is 38.8 Å². The Hall–Kier alpha value is -1.35. The van der Waals surface area contributed by atoms with Crippen LogP contribution in [0.3, 0.4) is 0 Å². The fraction of sp³-hybridized carbons (Fsp3) is 0.562. The van der Waals surface area contributed by atoms with Gasteiger partial charge in [0.05, 0.1) is 7.11 Å². The van der Waals surface area contributed by atoms with Crippen molar-refractivity contribution >= 4 is 5.97 Å². The van der Waals surface area contributed by atoms with Gasteiger partial charge < -0.3 is 4.74 Å². The largest absolute Gasteiger partial charge is 0.468 e. The molecular weight excluding hydrogens is 238 g/mol. The van der Waals surface area contributed by atoms with E-state index in [1.54, 1.807) is 0 Å². The van der Waals surface area contributed by atoms with Gasteiger partial charge in [-0.25, -0.2) is 0 Å². The third kappa shape index (κ3) is 3.57. The highest BCUT2D eigenvalue weighted by molar-refractivity contribution is 5.76. The summed E-state index contributed by atoms with van der Waals surface area (Å²) in [5.74, 6) is 0.697. The van der Waals surface area contributed by atoms with E-state index < -0.39 is 0 Å². The highest BCUT2D eigenvalue weighted by Crippen LogP contribution is 2.41. The lowest BCUT2D eigenvalue weighted by atomic mass is 9.97. The molecule has 0 heterocycles. The Labute approximate surface area is 115 Å². The number of esters is 1. The molecule has 0 aliphatic heterocycles. The smallest absolute Gasteiger partial charge is 0.323 e. The van der Waals surface area contributed by atoms with Crippen LogP contribution in [-0.4, -0.2) is 19.1 Å². The van der Waals surface area contributed by atoms with Gasteiger partial charge in [-0.2, -0.15) is 0 Å². The number of rotatable bonds is 6. The van der Waals surface area contributed by atoms with Crippen LogP contribution in [0.25, 0.3) is 0 Å². The molecule has 1 saturated carbocycles. The second kappa shape index (κ2) is 6.20. The van der Waals surface area contributed by atoms with E-state index in [0.717, 1.165) is 0 Å². The molecule has 0 bridgehead atoms. The molecular formula is C16H23NO2. The van der Waals surface area contributed by atoms with E-state index in [9.17, 15) is 4.79 Å². The summed E-state index contributed by atoms with van der Waals surface area (Å²) in [4.78, 5) is 11.9. The highest BCUT2D eigenvalue weighted by Gasteiger charge is 2.36. The van der Waals surface area contributed by atoms with Crippen LogP contribution >= 0.6 is 0 Å². The van der Waals surface area contributed by atoms with Crippen molar-refractivity contribution < 1.29 is 9.53 Å². The predicted molar refractivity (Wildman–Crippen MR) is 75.7 cm³/mol. The minimum Gasteiger partial charge on any atom is -0.468 e. The number of hydrogen-bond donors (Lipinski definition) is 1. The molecule has 3 heteroatoms. The normalized spacial score (nSPS) is 18.1.